The zero-order valence-electron chi connectivity index (χ0n) is 15.2. The highest BCUT2D eigenvalue weighted by molar-refractivity contribution is 7.90. The quantitative estimate of drug-likeness (QED) is 0.571. The summed E-state index contributed by atoms with van der Waals surface area (Å²) >= 11 is 0. The van der Waals surface area contributed by atoms with Crippen LogP contribution in [0.5, 0.6) is 0 Å². The van der Waals surface area contributed by atoms with Crippen LogP contribution in [0.1, 0.15) is 25.0 Å². The second-order valence-corrected chi connectivity index (χ2v) is 8.85. The van der Waals surface area contributed by atoms with E-state index in [1.54, 1.807) is 13.8 Å². The molecule has 146 valence electrons. The number of nitro benzene ring substituents is 1. The Labute approximate surface area is 160 Å². The monoisotopic (exact) mass is 405 g/mol. The van der Waals surface area contributed by atoms with Crippen LogP contribution in [0.3, 0.4) is 0 Å². The molecule has 0 atom stereocenters. The van der Waals surface area contributed by atoms with Gasteiger partial charge in [0.2, 0.25) is 5.78 Å². The van der Waals surface area contributed by atoms with Gasteiger partial charge in [-0.25, -0.2) is 12.8 Å². The highest BCUT2D eigenvalue weighted by Gasteiger charge is 2.43. The van der Waals surface area contributed by atoms with Crippen molar-refractivity contribution in [3.8, 4) is 0 Å². The van der Waals surface area contributed by atoms with E-state index in [0.29, 0.717) is 5.56 Å². The van der Waals surface area contributed by atoms with Crippen LogP contribution >= 0.6 is 0 Å². The Kier molecular flexibility index (Phi) is 4.58. The van der Waals surface area contributed by atoms with Gasteiger partial charge in [0.05, 0.1) is 10.5 Å². The minimum absolute atomic E-state index is 0.0859. The smallest absolute Gasteiger partial charge is 0.269 e. The zero-order chi connectivity index (χ0) is 20.9. The number of Topliss-reactive ketones (excluding diaryl/α,β-unsaturated/α-hetero) is 1. The molecule has 0 aromatic heterocycles. The minimum Gasteiger partial charge on any atom is -0.478 e. The van der Waals surface area contributed by atoms with Gasteiger partial charge in [0.15, 0.2) is 15.4 Å². The molecule has 0 fully saturated rings. The van der Waals surface area contributed by atoms with Gasteiger partial charge >= 0.3 is 0 Å². The summed E-state index contributed by atoms with van der Waals surface area (Å²) in [6.45, 7) is 3.10. The normalized spacial score (nSPS) is 16.2. The van der Waals surface area contributed by atoms with E-state index < -0.39 is 31.1 Å². The Morgan fingerprint density at radius 1 is 1.07 bits per heavy atom. The Bertz CT molecular complexity index is 1130. The summed E-state index contributed by atoms with van der Waals surface area (Å²) in [4.78, 5) is 22.7. The van der Waals surface area contributed by atoms with Crippen LogP contribution in [-0.2, 0) is 19.4 Å². The van der Waals surface area contributed by atoms with Crippen molar-refractivity contribution in [2.45, 2.75) is 24.3 Å². The molecular formula is C19H16FNO6S. The van der Waals surface area contributed by atoms with Crippen LogP contribution in [-0.4, -0.2) is 31.0 Å². The van der Waals surface area contributed by atoms with Crippen molar-refractivity contribution in [2.75, 3.05) is 6.26 Å². The van der Waals surface area contributed by atoms with Crippen LogP contribution in [0.4, 0.5) is 10.1 Å². The van der Waals surface area contributed by atoms with Crippen molar-refractivity contribution in [3.63, 3.8) is 0 Å². The van der Waals surface area contributed by atoms with E-state index in [9.17, 15) is 27.7 Å². The molecule has 28 heavy (non-hydrogen) atoms. The first-order valence-corrected chi connectivity index (χ1v) is 10.0. The number of non-ortho nitro benzene ring substituents is 1. The molecule has 3 rings (SSSR count). The SMILES string of the molecule is CC1(C)OC(c2ccc(S(C)(=O)=O)c(F)c2)=C(c2ccc([N+](=O)[O-])cc2)C1=O. The average Bonchev–Trinajstić information content (AvgIpc) is 2.83. The number of ether oxygens (including phenoxy) is 1. The van der Waals surface area contributed by atoms with Crippen molar-refractivity contribution in [2.24, 2.45) is 0 Å². The molecule has 0 saturated heterocycles. The summed E-state index contributed by atoms with van der Waals surface area (Å²) in [5.74, 6) is -1.25. The molecule has 7 nitrogen and oxygen atoms in total. The molecule has 9 heteroatoms. The molecule has 0 bridgehead atoms. The Balaban J connectivity index is 2.18. The van der Waals surface area contributed by atoms with Crippen molar-refractivity contribution >= 4 is 32.6 Å². The number of hydrogen-bond acceptors (Lipinski definition) is 6. The summed E-state index contributed by atoms with van der Waals surface area (Å²) < 4.78 is 43.3. The standard InChI is InChI=1S/C19H16FNO6S/c1-19(2)18(22)16(11-4-7-13(8-5-11)21(23)24)17(27-19)12-6-9-15(14(20)10-12)28(3,25)26/h4-10H,1-3H3. The van der Waals surface area contributed by atoms with Gasteiger partial charge in [0.1, 0.15) is 16.5 Å². The van der Waals surface area contributed by atoms with Crippen LogP contribution < -0.4 is 0 Å². The lowest BCUT2D eigenvalue weighted by atomic mass is 9.92. The molecular weight excluding hydrogens is 389 g/mol. The maximum absolute atomic E-state index is 14.3. The van der Waals surface area contributed by atoms with E-state index in [0.717, 1.165) is 18.4 Å². The summed E-state index contributed by atoms with van der Waals surface area (Å²) in [6.07, 6.45) is 0.894. The maximum atomic E-state index is 14.3. The fraction of sp³-hybridized carbons (Fsp3) is 0.211. The number of halogens is 1. The van der Waals surface area contributed by atoms with Crippen LogP contribution in [0, 0.1) is 15.9 Å². The van der Waals surface area contributed by atoms with Gasteiger partial charge in [0, 0.05) is 24.0 Å². The highest BCUT2D eigenvalue weighted by atomic mass is 32.2. The van der Waals surface area contributed by atoms with Gasteiger partial charge in [-0.2, -0.15) is 0 Å². The molecule has 0 unspecified atom stereocenters. The fourth-order valence-corrected chi connectivity index (χ4v) is 3.64. The van der Waals surface area contributed by atoms with E-state index in [4.69, 9.17) is 4.74 Å². The van der Waals surface area contributed by atoms with Crippen molar-refractivity contribution in [1.82, 2.24) is 0 Å². The van der Waals surface area contributed by atoms with E-state index in [2.05, 4.69) is 0 Å². The number of sulfone groups is 1. The number of benzene rings is 2. The largest absolute Gasteiger partial charge is 0.478 e. The topological polar surface area (TPSA) is 104 Å². The first kappa shape index (κ1) is 19.7. The molecule has 1 aliphatic rings. The molecule has 2 aromatic rings. The number of carbonyl (C=O) groups is 1. The molecule has 1 heterocycles. The number of hydrogen-bond donors (Lipinski definition) is 0. The average molecular weight is 405 g/mol. The van der Waals surface area contributed by atoms with Gasteiger partial charge < -0.3 is 4.74 Å². The minimum atomic E-state index is -3.75. The number of nitro groups is 1. The summed E-state index contributed by atoms with van der Waals surface area (Å²) in [6, 6.07) is 8.80. The van der Waals surface area contributed by atoms with Crippen LogP contribution in [0.2, 0.25) is 0 Å². The van der Waals surface area contributed by atoms with E-state index in [-0.39, 0.29) is 28.4 Å². The van der Waals surface area contributed by atoms with Gasteiger partial charge in [0.25, 0.3) is 5.69 Å². The van der Waals surface area contributed by atoms with Gasteiger partial charge in [-0.1, -0.05) is 0 Å². The van der Waals surface area contributed by atoms with Gasteiger partial charge in [-0.3, -0.25) is 14.9 Å². The second kappa shape index (κ2) is 6.52. The predicted octanol–water partition coefficient (Wildman–Crippen LogP) is 3.38. The lowest BCUT2D eigenvalue weighted by Gasteiger charge is -2.18. The van der Waals surface area contributed by atoms with E-state index >= 15 is 0 Å². The Hall–Kier alpha value is -3.07. The number of rotatable bonds is 4. The van der Waals surface area contributed by atoms with Crippen molar-refractivity contribution in [3.05, 3.63) is 69.5 Å². The summed E-state index contributed by atoms with van der Waals surface area (Å²) in [7, 11) is -3.75. The summed E-state index contributed by atoms with van der Waals surface area (Å²) in [5, 5.41) is 10.8. The molecule has 0 radical (unpaired) electrons. The number of nitrogens with zero attached hydrogens (tertiary/aromatic N) is 1. The second-order valence-electron chi connectivity index (χ2n) is 6.87. The number of ketones is 1. The lowest BCUT2D eigenvalue weighted by molar-refractivity contribution is -0.384. The van der Waals surface area contributed by atoms with Crippen LogP contribution in [0.25, 0.3) is 11.3 Å². The van der Waals surface area contributed by atoms with Gasteiger partial charge in [-0.05, 0) is 49.7 Å². The third-order valence-electron chi connectivity index (χ3n) is 4.32. The molecule has 0 spiro atoms. The molecule has 2 aromatic carbocycles. The van der Waals surface area contributed by atoms with E-state index in [1.165, 1.54) is 30.3 Å². The Morgan fingerprint density at radius 3 is 2.14 bits per heavy atom. The third kappa shape index (κ3) is 3.40. The fourth-order valence-electron chi connectivity index (χ4n) is 2.91. The lowest BCUT2D eigenvalue weighted by Crippen LogP contribution is -2.29. The highest BCUT2D eigenvalue weighted by Crippen LogP contribution is 2.42. The molecule has 1 aliphatic heterocycles. The molecule has 0 N–H and O–H groups in total. The predicted molar refractivity (Wildman–Crippen MR) is 99.6 cm³/mol. The third-order valence-corrected chi connectivity index (χ3v) is 5.45. The number of carbonyl (C=O) groups excluding carboxylic acids is 1. The summed E-state index contributed by atoms with van der Waals surface area (Å²) in [5.41, 5.74) is -0.647. The molecule has 0 saturated carbocycles. The first-order valence-electron chi connectivity index (χ1n) is 8.15. The van der Waals surface area contributed by atoms with Gasteiger partial charge in [-0.15, -0.1) is 0 Å². The molecule has 0 aliphatic carbocycles. The first-order chi connectivity index (χ1) is 12.9. The van der Waals surface area contributed by atoms with Crippen LogP contribution in [0.15, 0.2) is 47.4 Å². The Morgan fingerprint density at radius 2 is 1.64 bits per heavy atom. The van der Waals surface area contributed by atoms with Crippen molar-refractivity contribution < 1.29 is 27.3 Å². The van der Waals surface area contributed by atoms with E-state index in [1.807, 2.05) is 0 Å². The van der Waals surface area contributed by atoms with Crippen molar-refractivity contribution in [1.29, 1.82) is 0 Å². The zero-order valence-corrected chi connectivity index (χ0v) is 16.0. The maximum Gasteiger partial charge on any atom is 0.269 e. The molecule has 0 amide bonds.